The van der Waals surface area contributed by atoms with Crippen molar-refractivity contribution >= 4 is 5.69 Å². The predicted octanol–water partition coefficient (Wildman–Crippen LogP) is 3.21. The van der Waals surface area contributed by atoms with Crippen LogP contribution in [0.15, 0.2) is 24.3 Å². The number of nitrogens with zero attached hydrogens (tertiary/aromatic N) is 1. The van der Waals surface area contributed by atoms with E-state index >= 15 is 0 Å². The van der Waals surface area contributed by atoms with Gasteiger partial charge < -0.3 is 10.2 Å². The third-order valence-corrected chi connectivity index (χ3v) is 4.26. The van der Waals surface area contributed by atoms with E-state index < -0.39 is 0 Å². The van der Waals surface area contributed by atoms with E-state index in [1.165, 1.54) is 36.9 Å². The fourth-order valence-electron chi connectivity index (χ4n) is 3.28. The molecule has 1 fully saturated rings. The number of aryl methyl sites for hydroxylation is 1. The highest BCUT2D eigenvalue weighted by Gasteiger charge is 2.34. The summed E-state index contributed by atoms with van der Waals surface area (Å²) in [5.74, 6) is 0. The van der Waals surface area contributed by atoms with E-state index in [0.717, 1.165) is 13.1 Å². The Morgan fingerprint density at radius 3 is 2.33 bits per heavy atom. The van der Waals surface area contributed by atoms with Gasteiger partial charge in [0.1, 0.15) is 0 Å². The standard InChI is InChI=1S/C16H26N2/c1-14-6-8-15(9-7-14)18(3)13-16(12-17-2)10-4-5-11-16/h6-9,17H,4-5,10-13H2,1-3H3. The van der Waals surface area contributed by atoms with Gasteiger partial charge in [-0.15, -0.1) is 0 Å². The maximum absolute atomic E-state index is 3.39. The molecule has 1 saturated carbocycles. The molecule has 0 aromatic heterocycles. The molecule has 0 aliphatic heterocycles. The molecule has 0 bridgehead atoms. The zero-order valence-corrected chi connectivity index (χ0v) is 12.0. The van der Waals surface area contributed by atoms with Crippen LogP contribution in [0.2, 0.25) is 0 Å². The topological polar surface area (TPSA) is 15.3 Å². The zero-order valence-electron chi connectivity index (χ0n) is 12.0. The van der Waals surface area contributed by atoms with E-state index in [2.05, 4.69) is 55.5 Å². The molecule has 1 aromatic rings. The van der Waals surface area contributed by atoms with Crippen LogP contribution in [0.1, 0.15) is 31.2 Å². The second kappa shape index (κ2) is 5.75. The Morgan fingerprint density at radius 1 is 1.17 bits per heavy atom. The second-order valence-electron chi connectivity index (χ2n) is 5.93. The normalized spacial score (nSPS) is 17.9. The van der Waals surface area contributed by atoms with Crippen LogP contribution in [-0.4, -0.2) is 27.2 Å². The molecule has 0 saturated heterocycles. The highest BCUT2D eigenvalue weighted by molar-refractivity contribution is 5.47. The maximum Gasteiger partial charge on any atom is 0.0363 e. The lowest BCUT2D eigenvalue weighted by Crippen LogP contribution is -2.40. The number of rotatable bonds is 5. The quantitative estimate of drug-likeness (QED) is 0.858. The summed E-state index contributed by atoms with van der Waals surface area (Å²) in [7, 11) is 4.30. The predicted molar refractivity (Wildman–Crippen MR) is 79.3 cm³/mol. The fraction of sp³-hybridized carbons (Fsp3) is 0.625. The summed E-state index contributed by atoms with van der Waals surface area (Å²) in [6, 6.07) is 8.87. The van der Waals surface area contributed by atoms with E-state index in [-0.39, 0.29) is 0 Å². The SMILES string of the molecule is CNCC1(CN(C)c2ccc(C)cc2)CCCC1. The van der Waals surface area contributed by atoms with Gasteiger partial charge in [-0.2, -0.15) is 0 Å². The Hall–Kier alpha value is -1.02. The average Bonchev–Trinajstić information content (AvgIpc) is 2.79. The van der Waals surface area contributed by atoms with Gasteiger partial charge in [0.2, 0.25) is 0 Å². The molecule has 1 N–H and O–H groups in total. The van der Waals surface area contributed by atoms with Crippen LogP contribution in [0.4, 0.5) is 5.69 Å². The van der Waals surface area contributed by atoms with Crippen LogP contribution in [0.3, 0.4) is 0 Å². The molecule has 1 aromatic carbocycles. The smallest absolute Gasteiger partial charge is 0.0363 e. The molecule has 1 aliphatic rings. The van der Waals surface area contributed by atoms with Gasteiger partial charge in [-0.1, -0.05) is 30.5 Å². The molecule has 0 radical (unpaired) electrons. The van der Waals surface area contributed by atoms with Gasteiger partial charge in [-0.25, -0.2) is 0 Å². The van der Waals surface area contributed by atoms with E-state index in [1.54, 1.807) is 0 Å². The molecule has 0 atom stereocenters. The minimum Gasteiger partial charge on any atom is -0.374 e. The number of benzene rings is 1. The van der Waals surface area contributed by atoms with Gasteiger partial charge >= 0.3 is 0 Å². The van der Waals surface area contributed by atoms with E-state index in [9.17, 15) is 0 Å². The molecule has 100 valence electrons. The molecule has 0 amide bonds. The zero-order chi connectivity index (χ0) is 13.0. The van der Waals surface area contributed by atoms with Gasteiger partial charge in [-0.05, 0) is 38.9 Å². The Labute approximate surface area is 111 Å². The molecule has 2 rings (SSSR count). The van der Waals surface area contributed by atoms with Gasteiger partial charge in [0.05, 0.1) is 0 Å². The number of anilines is 1. The molecule has 1 aliphatic carbocycles. The molecular formula is C16H26N2. The summed E-state index contributed by atoms with van der Waals surface area (Å²) < 4.78 is 0. The van der Waals surface area contributed by atoms with Crippen molar-refractivity contribution in [2.45, 2.75) is 32.6 Å². The van der Waals surface area contributed by atoms with Crippen molar-refractivity contribution in [2.24, 2.45) is 5.41 Å². The average molecular weight is 246 g/mol. The van der Waals surface area contributed by atoms with Crippen LogP contribution >= 0.6 is 0 Å². The summed E-state index contributed by atoms with van der Waals surface area (Å²) in [5, 5.41) is 3.39. The molecular weight excluding hydrogens is 220 g/mol. The summed E-state index contributed by atoms with van der Waals surface area (Å²) in [6.07, 6.45) is 5.51. The lowest BCUT2D eigenvalue weighted by atomic mass is 9.85. The Balaban J connectivity index is 2.04. The van der Waals surface area contributed by atoms with Gasteiger partial charge in [-0.3, -0.25) is 0 Å². The third kappa shape index (κ3) is 3.05. The number of hydrogen-bond acceptors (Lipinski definition) is 2. The summed E-state index contributed by atoms with van der Waals surface area (Å²) in [6.45, 7) is 4.45. The molecule has 0 spiro atoms. The fourth-order valence-corrected chi connectivity index (χ4v) is 3.28. The summed E-state index contributed by atoms with van der Waals surface area (Å²) >= 11 is 0. The lowest BCUT2D eigenvalue weighted by Gasteiger charge is -2.34. The van der Waals surface area contributed by atoms with Crippen LogP contribution in [-0.2, 0) is 0 Å². The van der Waals surface area contributed by atoms with Crippen molar-refractivity contribution in [3.63, 3.8) is 0 Å². The lowest BCUT2D eigenvalue weighted by molar-refractivity contribution is 0.295. The van der Waals surface area contributed by atoms with Crippen molar-refractivity contribution in [1.29, 1.82) is 0 Å². The summed E-state index contributed by atoms with van der Waals surface area (Å²) in [4.78, 5) is 2.42. The molecule has 0 unspecified atom stereocenters. The first-order valence-electron chi connectivity index (χ1n) is 7.08. The van der Waals surface area contributed by atoms with E-state index in [4.69, 9.17) is 0 Å². The molecule has 0 heterocycles. The highest BCUT2D eigenvalue weighted by atomic mass is 15.1. The van der Waals surface area contributed by atoms with Crippen LogP contribution < -0.4 is 10.2 Å². The minimum atomic E-state index is 0.481. The van der Waals surface area contributed by atoms with Gasteiger partial charge in [0, 0.05) is 31.2 Å². The largest absolute Gasteiger partial charge is 0.374 e. The van der Waals surface area contributed by atoms with Crippen LogP contribution in [0.25, 0.3) is 0 Å². The second-order valence-corrected chi connectivity index (χ2v) is 5.93. The van der Waals surface area contributed by atoms with E-state index in [1.807, 2.05) is 0 Å². The van der Waals surface area contributed by atoms with Crippen LogP contribution in [0, 0.1) is 12.3 Å². The van der Waals surface area contributed by atoms with Gasteiger partial charge in [0.25, 0.3) is 0 Å². The van der Waals surface area contributed by atoms with Crippen molar-refractivity contribution in [2.75, 3.05) is 32.1 Å². The Bertz CT molecular complexity index is 363. The monoisotopic (exact) mass is 246 g/mol. The van der Waals surface area contributed by atoms with Crippen LogP contribution in [0.5, 0.6) is 0 Å². The first-order valence-corrected chi connectivity index (χ1v) is 7.08. The highest BCUT2D eigenvalue weighted by Crippen LogP contribution is 2.38. The van der Waals surface area contributed by atoms with Crippen molar-refractivity contribution in [1.82, 2.24) is 5.32 Å². The third-order valence-electron chi connectivity index (χ3n) is 4.26. The maximum atomic E-state index is 3.39. The van der Waals surface area contributed by atoms with E-state index in [0.29, 0.717) is 5.41 Å². The Morgan fingerprint density at radius 2 is 1.78 bits per heavy atom. The number of hydrogen-bond donors (Lipinski definition) is 1. The van der Waals surface area contributed by atoms with Gasteiger partial charge in [0.15, 0.2) is 0 Å². The van der Waals surface area contributed by atoms with Crippen molar-refractivity contribution < 1.29 is 0 Å². The minimum absolute atomic E-state index is 0.481. The number of nitrogens with one attached hydrogen (secondary N) is 1. The molecule has 18 heavy (non-hydrogen) atoms. The molecule has 2 heteroatoms. The Kier molecular flexibility index (Phi) is 4.28. The first-order chi connectivity index (χ1) is 8.65. The van der Waals surface area contributed by atoms with Crippen molar-refractivity contribution in [3.8, 4) is 0 Å². The van der Waals surface area contributed by atoms with Crippen molar-refractivity contribution in [3.05, 3.63) is 29.8 Å². The summed E-state index contributed by atoms with van der Waals surface area (Å²) in [5.41, 5.74) is 3.15. The molecule has 2 nitrogen and oxygen atoms in total. The first kappa shape index (κ1) is 13.4.